The summed E-state index contributed by atoms with van der Waals surface area (Å²) >= 11 is 0. The van der Waals surface area contributed by atoms with Gasteiger partial charge >= 0.3 is 5.97 Å². The van der Waals surface area contributed by atoms with Crippen LogP contribution < -0.4 is 10.2 Å². The number of hydrogen-bond donors (Lipinski definition) is 5. The predicted molar refractivity (Wildman–Crippen MR) is 124 cm³/mol. The molecule has 0 aliphatic carbocycles. The molecular formula is C25H20O9. The molecule has 0 amide bonds. The smallest absolute Gasteiger partial charge is 0.328 e. The molecule has 0 unspecified atom stereocenters. The summed E-state index contributed by atoms with van der Waals surface area (Å²) in [5.74, 6) is -1.90. The van der Waals surface area contributed by atoms with Gasteiger partial charge in [0.1, 0.15) is 17.1 Å². The summed E-state index contributed by atoms with van der Waals surface area (Å²) in [7, 11) is 1.55. The molecule has 5 N–H and O–H groups in total. The monoisotopic (exact) mass is 464 g/mol. The van der Waals surface area contributed by atoms with Gasteiger partial charge in [0.25, 0.3) is 0 Å². The Morgan fingerprint density at radius 3 is 2.35 bits per heavy atom. The van der Waals surface area contributed by atoms with Gasteiger partial charge < -0.3 is 34.7 Å². The molecule has 34 heavy (non-hydrogen) atoms. The van der Waals surface area contributed by atoms with Crippen LogP contribution in [0.25, 0.3) is 28.4 Å². The number of phenolic OH excluding ortho intramolecular Hbond substituents is 3. The first-order chi connectivity index (χ1) is 16.2. The number of aliphatic carboxylic acids is 1. The lowest BCUT2D eigenvalue weighted by Crippen LogP contribution is -2.02. The maximum Gasteiger partial charge on any atom is 0.328 e. The van der Waals surface area contributed by atoms with Crippen molar-refractivity contribution >= 4 is 23.0 Å². The molecule has 0 saturated heterocycles. The van der Waals surface area contributed by atoms with Gasteiger partial charge in [-0.3, -0.25) is 4.79 Å². The third-order valence-electron chi connectivity index (χ3n) is 4.63. The van der Waals surface area contributed by atoms with Gasteiger partial charge in [-0.05, 0) is 42.5 Å². The van der Waals surface area contributed by atoms with Crippen molar-refractivity contribution in [1.29, 1.82) is 0 Å². The average molecular weight is 464 g/mol. The lowest BCUT2D eigenvalue weighted by Gasteiger charge is -2.07. The largest absolute Gasteiger partial charge is 0.508 e. The Balaban J connectivity index is 0.000000215. The van der Waals surface area contributed by atoms with Crippen LogP contribution in [0.1, 0.15) is 5.56 Å². The van der Waals surface area contributed by atoms with Crippen LogP contribution in [0.5, 0.6) is 28.7 Å². The number of carbonyl (C=O) groups is 1. The van der Waals surface area contributed by atoms with Gasteiger partial charge in [-0.25, -0.2) is 4.79 Å². The van der Waals surface area contributed by atoms with Gasteiger partial charge in [-0.2, -0.15) is 0 Å². The Morgan fingerprint density at radius 1 is 0.941 bits per heavy atom. The van der Waals surface area contributed by atoms with E-state index in [1.165, 1.54) is 36.4 Å². The van der Waals surface area contributed by atoms with Crippen LogP contribution in [0.2, 0.25) is 0 Å². The SMILES string of the molecule is COc1ccccc1C=CC(=O)O.O=c1c(O)c(-c2ccc(O)c(O)c2)oc2cc(O)ccc12. The van der Waals surface area contributed by atoms with Crippen LogP contribution in [-0.4, -0.2) is 38.6 Å². The first-order valence-electron chi connectivity index (χ1n) is 9.76. The molecule has 0 fully saturated rings. The van der Waals surface area contributed by atoms with Crippen molar-refractivity contribution in [3.8, 4) is 40.1 Å². The van der Waals surface area contributed by atoms with Crippen molar-refractivity contribution in [3.63, 3.8) is 0 Å². The summed E-state index contributed by atoms with van der Waals surface area (Å²) < 4.78 is 10.5. The minimum atomic E-state index is -0.967. The number of phenols is 3. The molecule has 9 heteroatoms. The van der Waals surface area contributed by atoms with E-state index in [9.17, 15) is 30.0 Å². The van der Waals surface area contributed by atoms with Crippen LogP contribution in [0, 0.1) is 0 Å². The van der Waals surface area contributed by atoms with Crippen LogP contribution in [0.15, 0.2) is 76.0 Å². The molecule has 0 spiro atoms. The van der Waals surface area contributed by atoms with Crippen LogP contribution in [0.3, 0.4) is 0 Å². The second-order valence-corrected chi connectivity index (χ2v) is 6.91. The van der Waals surface area contributed by atoms with Crippen molar-refractivity contribution in [2.45, 2.75) is 0 Å². The highest BCUT2D eigenvalue weighted by Crippen LogP contribution is 2.35. The number of benzene rings is 3. The molecule has 9 nitrogen and oxygen atoms in total. The highest BCUT2D eigenvalue weighted by Gasteiger charge is 2.16. The quantitative estimate of drug-likeness (QED) is 0.222. The van der Waals surface area contributed by atoms with E-state index in [1.807, 2.05) is 12.1 Å². The Labute approximate surface area is 192 Å². The minimum Gasteiger partial charge on any atom is -0.508 e. The number of hydrogen-bond acceptors (Lipinski definition) is 8. The fourth-order valence-corrected chi connectivity index (χ4v) is 3.00. The maximum atomic E-state index is 12.1. The summed E-state index contributed by atoms with van der Waals surface area (Å²) in [5, 5.41) is 46.7. The number of para-hydroxylation sites is 1. The lowest BCUT2D eigenvalue weighted by atomic mass is 10.1. The Bertz CT molecular complexity index is 1430. The predicted octanol–water partition coefficient (Wildman–Crippen LogP) is 4.08. The summed E-state index contributed by atoms with van der Waals surface area (Å²) in [4.78, 5) is 22.3. The first-order valence-corrected chi connectivity index (χ1v) is 9.76. The first kappa shape index (κ1) is 23.7. The van der Waals surface area contributed by atoms with Gasteiger partial charge in [-0.15, -0.1) is 0 Å². The van der Waals surface area contributed by atoms with E-state index >= 15 is 0 Å². The van der Waals surface area contributed by atoms with E-state index < -0.39 is 22.9 Å². The number of carboxylic acids is 1. The Kier molecular flexibility index (Phi) is 7.07. The van der Waals surface area contributed by atoms with E-state index in [0.717, 1.165) is 17.7 Å². The Morgan fingerprint density at radius 2 is 1.68 bits per heavy atom. The van der Waals surface area contributed by atoms with E-state index in [1.54, 1.807) is 19.2 Å². The van der Waals surface area contributed by atoms with Crippen molar-refractivity contribution < 1.29 is 39.5 Å². The molecule has 0 aliphatic rings. The number of methoxy groups -OCH3 is 1. The topological polar surface area (TPSA) is 158 Å². The zero-order valence-corrected chi connectivity index (χ0v) is 17.8. The molecule has 4 aromatic rings. The van der Waals surface area contributed by atoms with E-state index in [4.69, 9.17) is 14.3 Å². The number of ether oxygens (including phenoxy) is 1. The molecule has 1 heterocycles. The molecule has 4 rings (SSSR count). The normalized spacial score (nSPS) is 10.6. The molecule has 0 bridgehead atoms. The van der Waals surface area contributed by atoms with Gasteiger partial charge in [0.05, 0.1) is 12.5 Å². The average Bonchev–Trinajstić information content (AvgIpc) is 2.82. The number of rotatable bonds is 4. The minimum absolute atomic E-state index is 0.0872. The highest BCUT2D eigenvalue weighted by molar-refractivity contribution is 5.86. The second-order valence-electron chi connectivity index (χ2n) is 6.91. The maximum absolute atomic E-state index is 12.1. The van der Waals surface area contributed by atoms with Crippen LogP contribution >= 0.6 is 0 Å². The van der Waals surface area contributed by atoms with Gasteiger partial charge in [-0.1, -0.05) is 18.2 Å². The van der Waals surface area contributed by atoms with Gasteiger partial charge in [0.15, 0.2) is 17.3 Å². The van der Waals surface area contributed by atoms with Crippen molar-refractivity contribution in [3.05, 3.63) is 82.5 Å². The van der Waals surface area contributed by atoms with Crippen LogP contribution in [-0.2, 0) is 4.79 Å². The fraction of sp³-hybridized carbons (Fsp3) is 0.0400. The molecular weight excluding hydrogens is 444 g/mol. The van der Waals surface area contributed by atoms with E-state index in [-0.39, 0.29) is 33.8 Å². The van der Waals surface area contributed by atoms with Gasteiger partial charge in [0.2, 0.25) is 11.2 Å². The second kappa shape index (κ2) is 10.1. The Hall–Kier alpha value is -4.92. The lowest BCUT2D eigenvalue weighted by molar-refractivity contribution is -0.131. The molecule has 1 aromatic heterocycles. The highest BCUT2D eigenvalue weighted by atomic mass is 16.5. The van der Waals surface area contributed by atoms with Crippen molar-refractivity contribution in [2.75, 3.05) is 7.11 Å². The summed E-state index contributed by atoms with van der Waals surface area (Å²) in [6.45, 7) is 0. The molecule has 0 aliphatic heterocycles. The summed E-state index contributed by atoms with van der Waals surface area (Å²) in [6.07, 6.45) is 2.58. The zero-order valence-electron chi connectivity index (χ0n) is 17.8. The van der Waals surface area contributed by atoms with Crippen LogP contribution in [0.4, 0.5) is 0 Å². The molecule has 0 atom stereocenters. The molecule has 0 radical (unpaired) electrons. The molecule has 174 valence electrons. The summed E-state index contributed by atoms with van der Waals surface area (Å²) in [5.41, 5.74) is 0.414. The number of carboxylic acid groups (broad SMARTS) is 1. The third kappa shape index (κ3) is 5.28. The molecule has 0 saturated carbocycles. The number of fused-ring (bicyclic) bond motifs is 1. The standard InChI is InChI=1S/C15H10O6.C10H10O3/c16-8-2-3-9-12(6-8)21-15(14(20)13(9)19)7-1-4-10(17)11(18)5-7;1-13-9-5-3-2-4-8(9)6-7-10(11)12/h1-6,16-18,20H;2-7H,1H3,(H,11,12). The third-order valence-corrected chi connectivity index (χ3v) is 4.63. The zero-order chi connectivity index (χ0) is 24.8. The molecule has 3 aromatic carbocycles. The van der Waals surface area contributed by atoms with Gasteiger partial charge in [0, 0.05) is 23.3 Å². The fourth-order valence-electron chi connectivity index (χ4n) is 3.00. The van der Waals surface area contributed by atoms with E-state index in [0.29, 0.717) is 5.75 Å². The van der Waals surface area contributed by atoms with E-state index in [2.05, 4.69) is 0 Å². The van der Waals surface area contributed by atoms with Crippen molar-refractivity contribution in [2.24, 2.45) is 0 Å². The summed E-state index contributed by atoms with van der Waals surface area (Å²) in [6, 6.07) is 14.9. The van der Waals surface area contributed by atoms with Crippen molar-refractivity contribution in [1.82, 2.24) is 0 Å². The number of aromatic hydroxyl groups is 4.